The van der Waals surface area contributed by atoms with Crippen LogP contribution in [-0.2, 0) is 0 Å². The minimum atomic E-state index is -0.782. The summed E-state index contributed by atoms with van der Waals surface area (Å²) in [5.74, 6) is -0.566. The van der Waals surface area contributed by atoms with Gasteiger partial charge in [0.25, 0.3) is 0 Å². The maximum absolute atomic E-state index is 13.2. The lowest BCUT2D eigenvalue weighted by Crippen LogP contribution is -2.13. The molecule has 0 bridgehead atoms. The van der Waals surface area contributed by atoms with Gasteiger partial charge in [-0.3, -0.25) is 0 Å². The Morgan fingerprint density at radius 1 is 1.05 bits per heavy atom. The van der Waals surface area contributed by atoms with Crippen molar-refractivity contribution in [2.24, 2.45) is 5.92 Å². The molecule has 0 aliphatic heterocycles. The second-order valence-electron chi connectivity index (χ2n) is 5.33. The molecule has 0 atom stereocenters. The second-order valence-corrected chi connectivity index (χ2v) is 5.33. The molecule has 1 aliphatic carbocycles. The van der Waals surface area contributed by atoms with Crippen molar-refractivity contribution < 1.29 is 13.2 Å². The molecule has 1 aromatic rings. The first-order valence-corrected chi connectivity index (χ1v) is 6.91. The molecule has 0 unspecified atom stereocenters. The summed E-state index contributed by atoms with van der Waals surface area (Å²) in [6, 6.07) is 4.23. The Bertz CT molecular complexity index is 432. The van der Waals surface area contributed by atoms with E-state index in [1.54, 1.807) is 12.1 Å². The quantitative estimate of drug-likeness (QED) is 0.676. The second kappa shape index (κ2) is 6.78. The van der Waals surface area contributed by atoms with Crippen LogP contribution in [0.4, 0.5) is 13.2 Å². The van der Waals surface area contributed by atoms with Gasteiger partial charge >= 0.3 is 0 Å². The van der Waals surface area contributed by atoms with Crippen LogP contribution in [0, 0.1) is 17.6 Å². The van der Waals surface area contributed by atoms with Crippen LogP contribution in [0.5, 0.6) is 0 Å². The highest BCUT2D eigenvalue weighted by Gasteiger charge is 2.22. The lowest BCUT2D eigenvalue weighted by atomic mass is 9.77. The van der Waals surface area contributed by atoms with E-state index in [9.17, 15) is 13.2 Å². The Balaban J connectivity index is 1.87. The van der Waals surface area contributed by atoms with E-state index in [4.69, 9.17) is 0 Å². The highest BCUT2D eigenvalue weighted by molar-refractivity contribution is 5.22. The van der Waals surface area contributed by atoms with E-state index >= 15 is 0 Å². The van der Waals surface area contributed by atoms with Crippen molar-refractivity contribution in [3.05, 3.63) is 47.8 Å². The average molecular weight is 268 g/mol. The van der Waals surface area contributed by atoms with Crippen LogP contribution >= 0.6 is 0 Å². The lowest BCUT2D eigenvalue weighted by Gasteiger charge is -2.28. The third-order valence-corrected chi connectivity index (χ3v) is 4.09. The molecule has 1 saturated carbocycles. The largest absolute Gasteiger partial charge is 0.216 e. The summed E-state index contributed by atoms with van der Waals surface area (Å²) in [6.07, 6.45) is 8.16. The Hall–Kier alpha value is -1.25. The predicted molar refractivity (Wildman–Crippen MR) is 70.5 cm³/mol. The van der Waals surface area contributed by atoms with Crippen LogP contribution in [-0.4, -0.2) is 0 Å². The molecule has 0 radical (unpaired) electrons. The molecule has 0 nitrogen and oxygen atoms in total. The third kappa shape index (κ3) is 3.85. The van der Waals surface area contributed by atoms with Crippen molar-refractivity contribution in [1.29, 1.82) is 0 Å². The molecule has 3 heteroatoms. The lowest BCUT2D eigenvalue weighted by molar-refractivity contribution is 0.311. The fraction of sp³-hybridized carbons (Fsp3) is 0.500. The average Bonchev–Trinajstić information content (AvgIpc) is 2.43. The first-order valence-electron chi connectivity index (χ1n) is 6.91. The highest BCUT2D eigenvalue weighted by Crippen LogP contribution is 2.37. The van der Waals surface area contributed by atoms with Crippen LogP contribution in [0.3, 0.4) is 0 Å². The maximum Gasteiger partial charge on any atom is 0.159 e. The minimum absolute atomic E-state index is 0.336. The zero-order chi connectivity index (χ0) is 13.7. The molecule has 0 saturated heterocycles. The van der Waals surface area contributed by atoms with E-state index in [-0.39, 0.29) is 0 Å². The molecule has 0 spiro atoms. The fourth-order valence-corrected chi connectivity index (χ4v) is 2.95. The highest BCUT2D eigenvalue weighted by atomic mass is 19.2. The molecule has 2 rings (SSSR count). The van der Waals surface area contributed by atoms with Gasteiger partial charge in [0.05, 0.1) is 6.33 Å². The van der Waals surface area contributed by atoms with Crippen LogP contribution in [0.15, 0.2) is 30.6 Å². The van der Waals surface area contributed by atoms with Crippen molar-refractivity contribution >= 4 is 0 Å². The summed E-state index contributed by atoms with van der Waals surface area (Å²) >= 11 is 0. The molecule has 0 heterocycles. The summed E-state index contributed by atoms with van der Waals surface area (Å²) in [4.78, 5) is 0. The van der Waals surface area contributed by atoms with E-state index in [2.05, 4.69) is 0 Å². The molecular formula is C16H19F3. The zero-order valence-electron chi connectivity index (χ0n) is 10.9. The minimum Gasteiger partial charge on any atom is -0.216 e. The van der Waals surface area contributed by atoms with Crippen LogP contribution in [0.1, 0.15) is 50.0 Å². The van der Waals surface area contributed by atoms with Gasteiger partial charge in [-0.05, 0) is 68.1 Å². The summed E-state index contributed by atoms with van der Waals surface area (Å²) in [6.45, 7) is 0. The van der Waals surface area contributed by atoms with Gasteiger partial charge < -0.3 is 0 Å². The number of allylic oxidation sites excluding steroid dienone is 1. The Kier molecular flexibility index (Phi) is 5.06. The van der Waals surface area contributed by atoms with E-state index in [1.165, 1.54) is 12.1 Å². The van der Waals surface area contributed by atoms with Gasteiger partial charge in [0.2, 0.25) is 0 Å². The zero-order valence-corrected chi connectivity index (χ0v) is 10.9. The maximum atomic E-state index is 13.2. The van der Waals surface area contributed by atoms with Crippen molar-refractivity contribution in [2.45, 2.75) is 44.4 Å². The van der Waals surface area contributed by atoms with E-state index in [1.807, 2.05) is 0 Å². The molecule has 104 valence electrons. The molecule has 0 aromatic heterocycles. The van der Waals surface area contributed by atoms with Crippen molar-refractivity contribution in [3.63, 3.8) is 0 Å². The van der Waals surface area contributed by atoms with Gasteiger partial charge in [-0.1, -0.05) is 12.1 Å². The molecule has 0 N–H and O–H groups in total. The molecular weight excluding hydrogens is 249 g/mol. The third-order valence-electron chi connectivity index (χ3n) is 4.09. The SMILES string of the molecule is F/C=C/CC[C@H]1CC[C@H](c2ccc(F)c(F)c2)CC1. The summed E-state index contributed by atoms with van der Waals surface area (Å²) < 4.78 is 37.9. The first kappa shape index (κ1) is 14.2. The predicted octanol–water partition coefficient (Wildman–Crippen LogP) is 5.50. The summed E-state index contributed by atoms with van der Waals surface area (Å²) in [7, 11) is 0. The van der Waals surface area contributed by atoms with Crippen molar-refractivity contribution in [2.75, 3.05) is 0 Å². The smallest absolute Gasteiger partial charge is 0.159 e. The van der Waals surface area contributed by atoms with E-state index in [0.29, 0.717) is 18.2 Å². The van der Waals surface area contributed by atoms with Gasteiger partial charge in [-0.15, -0.1) is 0 Å². The number of hydrogen-bond acceptors (Lipinski definition) is 0. The molecule has 19 heavy (non-hydrogen) atoms. The Morgan fingerprint density at radius 3 is 2.42 bits per heavy atom. The summed E-state index contributed by atoms with van der Waals surface area (Å²) in [5, 5.41) is 0. The molecule has 0 amide bonds. The van der Waals surface area contributed by atoms with Gasteiger partial charge in [0.15, 0.2) is 11.6 Å². The molecule has 1 fully saturated rings. The van der Waals surface area contributed by atoms with Crippen LogP contribution in [0.2, 0.25) is 0 Å². The van der Waals surface area contributed by atoms with Crippen molar-refractivity contribution in [3.8, 4) is 0 Å². The standard InChI is InChI=1S/C16H19F3/c17-10-2-1-3-12-4-6-13(7-5-12)14-8-9-15(18)16(19)11-14/h2,8-13H,1,3-7H2/b10-2+/t12-,13-. The number of hydrogen-bond donors (Lipinski definition) is 0. The Morgan fingerprint density at radius 2 is 1.79 bits per heavy atom. The van der Waals surface area contributed by atoms with Crippen LogP contribution < -0.4 is 0 Å². The number of benzene rings is 1. The topological polar surface area (TPSA) is 0 Å². The summed E-state index contributed by atoms with van der Waals surface area (Å²) in [5.41, 5.74) is 0.904. The Labute approximate surface area is 112 Å². The number of halogens is 3. The van der Waals surface area contributed by atoms with Gasteiger partial charge in [0, 0.05) is 0 Å². The monoisotopic (exact) mass is 268 g/mol. The van der Waals surface area contributed by atoms with Gasteiger partial charge in [-0.25, -0.2) is 13.2 Å². The van der Waals surface area contributed by atoms with Crippen LogP contribution in [0.25, 0.3) is 0 Å². The van der Waals surface area contributed by atoms with Gasteiger partial charge in [-0.2, -0.15) is 0 Å². The number of rotatable bonds is 4. The van der Waals surface area contributed by atoms with Gasteiger partial charge in [0.1, 0.15) is 0 Å². The molecule has 1 aromatic carbocycles. The van der Waals surface area contributed by atoms with E-state index in [0.717, 1.165) is 44.1 Å². The fourth-order valence-electron chi connectivity index (χ4n) is 2.95. The van der Waals surface area contributed by atoms with E-state index < -0.39 is 11.6 Å². The first-order chi connectivity index (χ1) is 9.20. The van der Waals surface area contributed by atoms with Crippen molar-refractivity contribution in [1.82, 2.24) is 0 Å². The normalized spacial score (nSPS) is 23.9. The molecule has 1 aliphatic rings.